The maximum atomic E-state index is 13.1. The Morgan fingerprint density at radius 1 is 1.31 bits per heavy atom. The molecule has 2 atom stereocenters. The molecule has 2 N–H and O–H groups in total. The van der Waals surface area contributed by atoms with Crippen LogP contribution in [0.5, 0.6) is 0 Å². The van der Waals surface area contributed by atoms with Gasteiger partial charge in [-0.05, 0) is 38.2 Å². The second-order valence-electron chi connectivity index (χ2n) is 7.94. The number of methoxy groups -OCH3 is 1. The predicted molar refractivity (Wildman–Crippen MR) is 118 cm³/mol. The third-order valence-corrected chi connectivity index (χ3v) is 5.56. The molecule has 1 aliphatic rings. The molecule has 0 saturated heterocycles. The van der Waals surface area contributed by atoms with Crippen molar-refractivity contribution in [1.29, 1.82) is 0 Å². The lowest BCUT2D eigenvalue weighted by molar-refractivity contribution is 0.0910. The van der Waals surface area contributed by atoms with E-state index in [-0.39, 0.29) is 13.4 Å². The maximum absolute atomic E-state index is 13.1. The van der Waals surface area contributed by atoms with E-state index < -0.39 is 0 Å². The van der Waals surface area contributed by atoms with Crippen LogP contribution in [0.2, 0.25) is 0 Å². The predicted octanol–water partition coefficient (Wildman–Crippen LogP) is 4.45. The Hall–Kier alpha value is -2.47. The average molecular weight is 399 g/mol. The fraction of sp³-hybridized carbons (Fsp3) is 0.522. The molecule has 1 heterocycles. The summed E-state index contributed by atoms with van der Waals surface area (Å²) in [5.41, 5.74) is 3.24. The fourth-order valence-electron chi connectivity index (χ4n) is 3.84. The number of benzene rings is 1. The topological polar surface area (TPSA) is 76.1 Å². The van der Waals surface area contributed by atoms with Crippen molar-refractivity contribution in [3.05, 3.63) is 41.6 Å². The maximum Gasteiger partial charge on any atom is 0.255 e. The highest BCUT2D eigenvalue weighted by Crippen LogP contribution is 2.26. The van der Waals surface area contributed by atoms with E-state index in [1.54, 1.807) is 13.3 Å². The molecule has 1 amide bonds. The van der Waals surface area contributed by atoms with Gasteiger partial charge in [0.1, 0.15) is 0 Å². The summed E-state index contributed by atoms with van der Waals surface area (Å²) in [5.74, 6) is 0.934. The molecule has 3 rings (SSSR count). The van der Waals surface area contributed by atoms with Gasteiger partial charge in [-0.2, -0.15) is 0 Å². The Bertz CT molecular complexity index is 831. The average Bonchev–Trinajstić information content (AvgIpc) is 2.73. The number of amides is 1. The summed E-state index contributed by atoms with van der Waals surface area (Å²) in [6, 6.07) is 8.29. The number of aromatic nitrogens is 2. The van der Waals surface area contributed by atoms with Crippen LogP contribution >= 0.6 is 0 Å². The number of ether oxygens (including phenoxy) is 1. The Morgan fingerprint density at radius 2 is 2.14 bits per heavy atom. The van der Waals surface area contributed by atoms with Gasteiger partial charge in [-0.25, -0.2) is 9.97 Å². The molecule has 6 nitrogen and oxygen atoms in total. The van der Waals surface area contributed by atoms with E-state index in [4.69, 9.17) is 9.72 Å². The van der Waals surface area contributed by atoms with Gasteiger partial charge in [0, 0.05) is 39.5 Å². The van der Waals surface area contributed by atoms with E-state index in [9.17, 15) is 4.79 Å². The van der Waals surface area contributed by atoms with Gasteiger partial charge >= 0.3 is 0 Å². The van der Waals surface area contributed by atoms with Crippen molar-refractivity contribution in [2.24, 2.45) is 5.92 Å². The first-order valence-electron chi connectivity index (χ1n) is 10.6. The van der Waals surface area contributed by atoms with E-state index in [1.165, 1.54) is 12.8 Å². The standard InChI is InChI=1S/C23H32N4O2.H2/c1-16-8-6-10-18(14-16)21-19(15-25-23(27-21)24-12-7-13-29-3)22(28)26-20-11-5-4-9-17(20)2;/h6,8,10,14-15,17,20H,4-5,7,9,11-13H2,1-3H3,(H,26,28)(H,24,25,27);1H. The third-order valence-electron chi connectivity index (χ3n) is 5.56. The smallest absolute Gasteiger partial charge is 0.255 e. The Balaban J connectivity index is 0.00000320. The quantitative estimate of drug-likeness (QED) is 0.642. The summed E-state index contributed by atoms with van der Waals surface area (Å²) in [4.78, 5) is 22.2. The Morgan fingerprint density at radius 3 is 2.90 bits per heavy atom. The third kappa shape index (κ3) is 5.76. The number of hydrogen-bond acceptors (Lipinski definition) is 5. The van der Waals surface area contributed by atoms with E-state index in [2.05, 4.69) is 28.6 Å². The van der Waals surface area contributed by atoms with Crippen molar-refractivity contribution in [3.63, 3.8) is 0 Å². The first kappa shape index (κ1) is 21.2. The normalized spacial score (nSPS) is 19.0. The first-order chi connectivity index (χ1) is 14.1. The van der Waals surface area contributed by atoms with Crippen LogP contribution < -0.4 is 10.6 Å². The van der Waals surface area contributed by atoms with Crippen LogP contribution in [-0.2, 0) is 4.74 Å². The summed E-state index contributed by atoms with van der Waals surface area (Å²) in [6.07, 6.45) is 7.12. The van der Waals surface area contributed by atoms with Crippen LogP contribution in [0.15, 0.2) is 30.5 Å². The van der Waals surface area contributed by atoms with Crippen LogP contribution in [0.4, 0.5) is 5.95 Å². The summed E-state index contributed by atoms with van der Waals surface area (Å²) in [7, 11) is 1.69. The lowest BCUT2D eigenvalue weighted by Crippen LogP contribution is -2.41. The van der Waals surface area contributed by atoms with E-state index >= 15 is 0 Å². The lowest BCUT2D eigenvalue weighted by Gasteiger charge is -2.29. The van der Waals surface area contributed by atoms with Crippen molar-refractivity contribution >= 4 is 11.9 Å². The minimum atomic E-state index is -0.0915. The van der Waals surface area contributed by atoms with Gasteiger partial charge in [0.15, 0.2) is 0 Å². The first-order valence-corrected chi connectivity index (χ1v) is 10.6. The number of anilines is 1. The van der Waals surface area contributed by atoms with Crippen LogP contribution in [0.3, 0.4) is 0 Å². The molecule has 0 spiro atoms. The molecule has 6 heteroatoms. The second-order valence-corrected chi connectivity index (χ2v) is 7.94. The van der Waals surface area contributed by atoms with Crippen molar-refractivity contribution in [2.75, 3.05) is 25.6 Å². The molecule has 1 aliphatic carbocycles. The molecular formula is C23H34N4O2. The van der Waals surface area contributed by atoms with Gasteiger partial charge in [0.2, 0.25) is 5.95 Å². The lowest BCUT2D eigenvalue weighted by atomic mass is 9.86. The van der Waals surface area contributed by atoms with Crippen molar-refractivity contribution in [1.82, 2.24) is 15.3 Å². The fourth-order valence-corrected chi connectivity index (χ4v) is 3.84. The number of hydrogen-bond donors (Lipinski definition) is 2. The SMILES string of the molecule is COCCCNc1ncc(C(=O)NC2CCCCC2C)c(-c2cccc(C)c2)n1.[HH]. The van der Waals surface area contributed by atoms with Gasteiger partial charge in [0.05, 0.1) is 11.3 Å². The summed E-state index contributed by atoms with van der Waals surface area (Å²) >= 11 is 0. The zero-order valence-corrected chi connectivity index (χ0v) is 17.7. The minimum absolute atomic E-state index is 0. The van der Waals surface area contributed by atoms with Crippen molar-refractivity contribution in [3.8, 4) is 11.3 Å². The van der Waals surface area contributed by atoms with Gasteiger partial charge in [-0.1, -0.05) is 43.5 Å². The van der Waals surface area contributed by atoms with Crippen LogP contribution in [-0.4, -0.2) is 42.2 Å². The Kier molecular flexibility index (Phi) is 7.58. The molecule has 0 radical (unpaired) electrons. The van der Waals surface area contributed by atoms with Crippen molar-refractivity contribution < 1.29 is 11.0 Å². The number of carbonyl (C=O) groups excluding carboxylic acids is 1. The number of nitrogens with zero attached hydrogens (tertiary/aromatic N) is 2. The van der Waals surface area contributed by atoms with Gasteiger partial charge in [0.25, 0.3) is 5.91 Å². The minimum Gasteiger partial charge on any atom is -0.385 e. The highest BCUT2D eigenvalue weighted by atomic mass is 16.5. The van der Waals surface area contributed by atoms with E-state index in [0.717, 1.165) is 30.4 Å². The molecular weight excluding hydrogens is 364 g/mol. The monoisotopic (exact) mass is 398 g/mol. The summed E-state index contributed by atoms with van der Waals surface area (Å²) in [6.45, 7) is 5.65. The molecule has 2 unspecified atom stereocenters. The largest absolute Gasteiger partial charge is 0.385 e. The molecule has 1 saturated carbocycles. The molecule has 0 bridgehead atoms. The zero-order valence-electron chi connectivity index (χ0n) is 17.7. The van der Waals surface area contributed by atoms with Crippen LogP contribution in [0, 0.1) is 12.8 Å². The number of rotatable bonds is 8. The zero-order chi connectivity index (χ0) is 20.6. The molecule has 158 valence electrons. The number of nitrogens with one attached hydrogen (secondary N) is 2. The highest BCUT2D eigenvalue weighted by Gasteiger charge is 2.25. The molecule has 0 aliphatic heterocycles. The van der Waals surface area contributed by atoms with Crippen molar-refractivity contribution in [2.45, 2.75) is 52.0 Å². The highest BCUT2D eigenvalue weighted by molar-refractivity contribution is 6.00. The van der Waals surface area contributed by atoms with E-state index in [1.807, 2.05) is 25.1 Å². The molecule has 2 aromatic rings. The molecule has 29 heavy (non-hydrogen) atoms. The van der Waals surface area contributed by atoms with Gasteiger partial charge in [-0.15, -0.1) is 0 Å². The van der Waals surface area contributed by atoms with Gasteiger partial charge in [-0.3, -0.25) is 4.79 Å². The van der Waals surface area contributed by atoms with Crippen LogP contribution in [0.1, 0.15) is 56.4 Å². The molecule has 1 fully saturated rings. The Labute approximate surface area is 175 Å². The summed E-state index contributed by atoms with van der Waals surface area (Å²) in [5, 5.41) is 6.46. The molecule has 1 aromatic carbocycles. The number of carbonyl (C=O) groups is 1. The summed E-state index contributed by atoms with van der Waals surface area (Å²) < 4.78 is 5.08. The van der Waals surface area contributed by atoms with Crippen LogP contribution in [0.25, 0.3) is 11.3 Å². The molecule has 1 aromatic heterocycles. The van der Waals surface area contributed by atoms with Gasteiger partial charge < -0.3 is 15.4 Å². The second kappa shape index (κ2) is 10.3. The number of aryl methyl sites for hydroxylation is 1. The van der Waals surface area contributed by atoms with E-state index in [0.29, 0.717) is 36.3 Å².